The minimum atomic E-state index is 0.260. The number of nitrogens with zero attached hydrogens (tertiary/aromatic N) is 1. The van der Waals surface area contributed by atoms with E-state index in [9.17, 15) is 4.79 Å². The van der Waals surface area contributed by atoms with Crippen molar-refractivity contribution in [1.29, 1.82) is 0 Å². The molecule has 1 aromatic carbocycles. The lowest BCUT2D eigenvalue weighted by atomic mass is 9.84. The average Bonchev–Trinajstić information content (AvgIpc) is 3.06. The van der Waals surface area contributed by atoms with Gasteiger partial charge in [-0.3, -0.25) is 4.79 Å². The summed E-state index contributed by atoms with van der Waals surface area (Å²) in [7, 11) is 0. The molecule has 0 saturated heterocycles. The highest BCUT2D eigenvalue weighted by molar-refractivity contribution is 7.99. The molecule has 0 fully saturated rings. The molecule has 0 bridgehead atoms. The number of rotatable bonds is 6. The highest BCUT2D eigenvalue weighted by atomic mass is 32.2. The summed E-state index contributed by atoms with van der Waals surface area (Å²) in [4.78, 5) is 20.9. The third kappa shape index (κ3) is 4.40. The second kappa shape index (κ2) is 8.46. The number of hydrogen-bond donors (Lipinski definition) is 2. The Bertz CT molecular complexity index is 1010. The van der Waals surface area contributed by atoms with E-state index in [-0.39, 0.29) is 5.78 Å². The Labute approximate surface area is 176 Å². The maximum atomic E-state index is 13.2. The van der Waals surface area contributed by atoms with Crippen LogP contribution in [0, 0.1) is 5.92 Å². The molecule has 1 aliphatic carbocycles. The molecule has 29 heavy (non-hydrogen) atoms. The fraction of sp³-hybridized carbons (Fsp3) is 0.333. The number of ketones is 1. The molecule has 3 N–H and O–H groups in total. The third-order valence-corrected chi connectivity index (χ3v) is 6.72. The molecule has 4 nitrogen and oxygen atoms in total. The van der Waals surface area contributed by atoms with Crippen LogP contribution in [0.2, 0.25) is 0 Å². The Kier molecular flexibility index (Phi) is 5.76. The van der Waals surface area contributed by atoms with Crippen LogP contribution in [0.3, 0.4) is 0 Å². The number of nitrogens with one attached hydrogen (secondary N) is 1. The van der Waals surface area contributed by atoms with Gasteiger partial charge in [-0.1, -0.05) is 44.2 Å². The lowest BCUT2D eigenvalue weighted by Gasteiger charge is -2.22. The van der Waals surface area contributed by atoms with Gasteiger partial charge in [0.25, 0.3) is 0 Å². The number of benzene rings is 1. The van der Waals surface area contributed by atoms with E-state index in [0.717, 1.165) is 46.7 Å². The lowest BCUT2D eigenvalue weighted by molar-refractivity contribution is 0.0953. The molecule has 150 valence electrons. The summed E-state index contributed by atoms with van der Waals surface area (Å²) in [5.74, 6) is 2.16. The van der Waals surface area contributed by atoms with Crippen molar-refractivity contribution in [2.45, 2.75) is 38.4 Å². The molecule has 0 aliphatic heterocycles. The quantitative estimate of drug-likeness (QED) is 0.596. The molecule has 2 heterocycles. The fourth-order valence-corrected chi connectivity index (χ4v) is 4.98. The molecule has 1 atom stereocenters. The van der Waals surface area contributed by atoms with Gasteiger partial charge in [-0.2, -0.15) is 11.8 Å². The summed E-state index contributed by atoms with van der Waals surface area (Å²) in [6.45, 7) is 4.42. The number of Topliss-reactive ketones (excluding diaryl/α,β-unsaturated/α-hetero) is 1. The molecule has 0 amide bonds. The highest BCUT2D eigenvalue weighted by Crippen LogP contribution is 2.37. The molecule has 5 heteroatoms. The Balaban J connectivity index is 1.75. The van der Waals surface area contributed by atoms with Gasteiger partial charge in [0.05, 0.1) is 5.69 Å². The molecule has 3 aromatic rings. The maximum absolute atomic E-state index is 13.2. The fourth-order valence-electron chi connectivity index (χ4n) is 4.08. The molecule has 0 spiro atoms. The van der Waals surface area contributed by atoms with Crippen molar-refractivity contribution in [3.8, 4) is 11.3 Å². The van der Waals surface area contributed by atoms with Crippen LogP contribution in [0.25, 0.3) is 11.3 Å². The number of nitrogen functional groups attached to an aromatic ring is 1. The van der Waals surface area contributed by atoms with Gasteiger partial charge in [0.15, 0.2) is 5.78 Å². The zero-order chi connectivity index (χ0) is 20.4. The van der Waals surface area contributed by atoms with Gasteiger partial charge >= 0.3 is 0 Å². The van der Waals surface area contributed by atoms with Crippen molar-refractivity contribution >= 4 is 23.4 Å². The van der Waals surface area contributed by atoms with Crippen LogP contribution in [-0.4, -0.2) is 26.8 Å². The summed E-state index contributed by atoms with van der Waals surface area (Å²) < 4.78 is 0. The van der Waals surface area contributed by atoms with Crippen LogP contribution in [0.15, 0.2) is 48.7 Å². The Morgan fingerprint density at radius 2 is 2.00 bits per heavy atom. The molecule has 1 unspecified atom stereocenters. The van der Waals surface area contributed by atoms with Crippen molar-refractivity contribution < 1.29 is 4.79 Å². The van der Waals surface area contributed by atoms with Gasteiger partial charge in [0.1, 0.15) is 5.82 Å². The number of thioether (sulfide) groups is 1. The molecular weight excluding hydrogens is 378 g/mol. The van der Waals surface area contributed by atoms with Crippen molar-refractivity contribution in [1.82, 2.24) is 9.97 Å². The second-order valence-electron chi connectivity index (χ2n) is 8.04. The SMILES string of the molecule is CC(C)SCC1CC(=O)c2c([nH]c(-c3ccnc(N)c3)c2Cc2ccccc2)C1. The number of carbonyl (C=O) groups excluding carboxylic acids is 1. The molecule has 2 aromatic heterocycles. The molecular formula is C24H27N3OS. The van der Waals surface area contributed by atoms with Gasteiger partial charge in [-0.05, 0) is 46.6 Å². The van der Waals surface area contributed by atoms with Crippen molar-refractivity contribution in [2.24, 2.45) is 5.92 Å². The van der Waals surface area contributed by atoms with Crippen LogP contribution in [0.5, 0.6) is 0 Å². The van der Waals surface area contributed by atoms with E-state index >= 15 is 0 Å². The molecule has 0 radical (unpaired) electrons. The smallest absolute Gasteiger partial charge is 0.165 e. The first-order valence-electron chi connectivity index (χ1n) is 10.2. The van der Waals surface area contributed by atoms with E-state index in [1.54, 1.807) is 6.20 Å². The summed E-state index contributed by atoms with van der Waals surface area (Å²) in [6.07, 6.45) is 4.00. The number of anilines is 1. The first-order chi connectivity index (χ1) is 14.0. The monoisotopic (exact) mass is 405 g/mol. The number of fused-ring (bicyclic) bond motifs is 1. The van der Waals surface area contributed by atoms with E-state index in [1.807, 2.05) is 42.1 Å². The largest absolute Gasteiger partial charge is 0.384 e. The normalized spacial score (nSPS) is 16.2. The second-order valence-corrected chi connectivity index (χ2v) is 9.65. The number of nitrogens with two attached hydrogens (primary N) is 1. The number of aromatic amines is 1. The molecule has 4 rings (SSSR count). The molecule has 1 aliphatic rings. The number of pyridine rings is 1. The topological polar surface area (TPSA) is 71.8 Å². The van der Waals surface area contributed by atoms with Gasteiger partial charge in [0, 0.05) is 35.9 Å². The van der Waals surface area contributed by atoms with Crippen LogP contribution in [-0.2, 0) is 12.8 Å². The predicted molar refractivity (Wildman–Crippen MR) is 121 cm³/mol. The number of hydrogen-bond acceptors (Lipinski definition) is 4. The van der Waals surface area contributed by atoms with Crippen LogP contribution in [0.4, 0.5) is 5.82 Å². The highest BCUT2D eigenvalue weighted by Gasteiger charge is 2.31. The standard InChI is InChI=1S/C24H27N3OS/c1-15(2)29-14-17-11-20-23(21(28)12-17)19(10-16-6-4-3-5-7-16)24(27-20)18-8-9-26-22(25)13-18/h3-9,13,15,17,27H,10-12,14H2,1-2H3,(H2,25,26). The Hall–Kier alpha value is -2.53. The summed E-state index contributed by atoms with van der Waals surface area (Å²) in [6, 6.07) is 14.2. The van der Waals surface area contributed by atoms with Crippen molar-refractivity contribution in [3.63, 3.8) is 0 Å². The summed E-state index contributed by atoms with van der Waals surface area (Å²) >= 11 is 1.94. The first kappa shape index (κ1) is 19.8. The number of aromatic nitrogens is 2. The zero-order valence-electron chi connectivity index (χ0n) is 16.9. The summed E-state index contributed by atoms with van der Waals surface area (Å²) in [5, 5.41) is 0.583. The maximum Gasteiger partial charge on any atom is 0.165 e. The van der Waals surface area contributed by atoms with Crippen LogP contribution < -0.4 is 5.73 Å². The lowest BCUT2D eigenvalue weighted by Crippen LogP contribution is -2.22. The van der Waals surface area contributed by atoms with Gasteiger partial charge in [0.2, 0.25) is 0 Å². The van der Waals surface area contributed by atoms with E-state index in [0.29, 0.717) is 23.4 Å². The van der Waals surface area contributed by atoms with E-state index in [2.05, 4.69) is 35.9 Å². The average molecular weight is 406 g/mol. The van der Waals surface area contributed by atoms with Gasteiger partial charge in [-0.25, -0.2) is 4.98 Å². The van der Waals surface area contributed by atoms with E-state index in [4.69, 9.17) is 5.73 Å². The number of H-pyrrole nitrogens is 1. The van der Waals surface area contributed by atoms with Gasteiger partial charge < -0.3 is 10.7 Å². The van der Waals surface area contributed by atoms with Crippen LogP contribution in [0.1, 0.15) is 47.4 Å². The zero-order valence-corrected chi connectivity index (χ0v) is 17.8. The Morgan fingerprint density at radius 3 is 2.72 bits per heavy atom. The number of carbonyl (C=O) groups is 1. The molecule has 0 saturated carbocycles. The van der Waals surface area contributed by atoms with E-state index in [1.165, 1.54) is 5.56 Å². The van der Waals surface area contributed by atoms with Crippen molar-refractivity contribution in [2.75, 3.05) is 11.5 Å². The van der Waals surface area contributed by atoms with E-state index < -0.39 is 0 Å². The van der Waals surface area contributed by atoms with Crippen LogP contribution >= 0.6 is 11.8 Å². The van der Waals surface area contributed by atoms with Crippen molar-refractivity contribution in [3.05, 3.63) is 71.0 Å². The minimum Gasteiger partial charge on any atom is -0.384 e. The Morgan fingerprint density at radius 1 is 1.21 bits per heavy atom. The predicted octanol–water partition coefficient (Wildman–Crippen LogP) is 5.14. The summed E-state index contributed by atoms with van der Waals surface area (Å²) in [5.41, 5.74) is 12.2. The first-order valence-corrected chi connectivity index (χ1v) is 11.2. The third-order valence-electron chi connectivity index (χ3n) is 5.39. The minimum absolute atomic E-state index is 0.260. The van der Waals surface area contributed by atoms with Gasteiger partial charge in [-0.15, -0.1) is 0 Å².